The minimum Gasteiger partial charge on any atom is -0.370 e. The summed E-state index contributed by atoms with van der Waals surface area (Å²) in [4.78, 5) is 0.235. The molecule has 0 aliphatic carbocycles. The molecule has 4 nitrogen and oxygen atoms in total. The molecule has 1 aromatic carbocycles. The Morgan fingerprint density at radius 3 is 2.65 bits per heavy atom. The predicted octanol–water partition coefficient (Wildman–Crippen LogP) is 3.29. The highest BCUT2D eigenvalue weighted by Crippen LogP contribution is 2.30. The molecule has 1 atom stereocenters. The molecule has 2 rings (SSSR count). The summed E-state index contributed by atoms with van der Waals surface area (Å²) in [6.07, 6.45) is -0.135. The lowest BCUT2D eigenvalue weighted by molar-refractivity contribution is -0.109. The van der Waals surface area contributed by atoms with Gasteiger partial charge in [0.25, 0.3) is 0 Å². The summed E-state index contributed by atoms with van der Waals surface area (Å²) < 4.78 is 33.2. The minimum absolute atomic E-state index is 0.135. The molecular formula is C13H17BrClNO3S. The van der Waals surface area contributed by atoms with E-state index in [1.807, 2.05) is 20.8 Å². The molecule has 0 spiro atoms. The van der Waals surface area contributed by atoms with Crippen molar-refractivity contribution in [2.24, 2.45) is 0 Å². The zero-order valence-corrected chi connectivity index (χ0v) is 14.7. The van der Waals surface area contributed by atoms with Crippen molar-refractivity contribution in [2.75, 3.05) is 13.1 Å². The topological polar surface area (TPSA) is 46.6 Å². The summed E-state index contributed by atoms with van der Waals surface area (Å²) in [6, 6.07) is 4.63. The molecule has 1 unspecified atom stereocenters. The van der Waals surface area contributed by atoms with Gasteiger partial charge in [0.05, 0.1) is 21.6 Å². The quantitative estimate of drug-likeness (QED) is 0.788. The molecule has 0 bridgehead atoms. The van der Waals surface area contributed by atoms with Crippen LogP contribution < -0.4 is 0 Å². The van der Waals surface area contributed by atoms with Crippen LogP contribution in [0.5, 0.6) is 0 Å². The number of hydrogen-bond acceptors (Lipinski definition) is 3. The number of benzene rings is 1. The molecule has 0 amide bonds. The van der Waals surface area contributed by atoms with E-state index in [1.165, 1.54) is 16.4 Å². The van der Waals surface area contributed by atoms with Crippen molar-refractivity contribution in [1.82, 2.24) is 4.31 Å². The molecule has 0 N–H and O–H groups in total. The second-order valence-corrected chi connectivity index (χ2v) is 8.76. The molecule has 1 aliphatic heterocycles. The molecule has 1 heterocycles. The zero-order chi connectivity index (χ0) is 15.1. The predicted molar refractivity (Wildman–Crippen MR) is 82.5 cm³/mol. The van der Waals surface area contributed by atoms with Gasteiger partial charge in [-0.05, 0) is 54.9 Å². The lowest BCUT2D eigenvalue weighted by Crippen LogP contribution is -2.53. The second-order valence-electron chi connectivity index (χ2n) is 5.56. The van der Waals surface area contributed by atoms with Crippen molar-refractivity contribution in [2.45, 2.75) is 37.4 Å². The maximum Gasteiger partial charge on any atom is 0.243 e. The highest BCUT2D eigenvalue weighted by Gasteiger charge is 2.37. The van der Waals surface area contributed by atoms with Crippen molar-refractivity contribution >= 4 is 37.6 Å². The Hall–Kier alpha value is -0.140. The Balaban J connectivity index is 2.36. The monoisotopic (exact) mass is 381 g/mol. The highest BCUT2D eigenvalue weighted by molar-refractivity contribution is 9.10. The van der Waals surface area contributed by atoms with Crippen molar-refractivity contribution < 1.29 is 13.2 Å². The Morgan fingerprint density at radius 2 is 2.10 bits per heavy atom. The molecule has 20 heavy (non-hydrogen) atoms. The Labute approximate surface area is 133 Å². The lowest BCUT2D eigenvalue weighted by Gasteiger charge is -2.40. The summed E-state index contributed by atoms with van der Waals surface area (Å²) >= 11 is 9.17. The molecule has 0 aromatic heterocycles. The van der Waals surface area contributed by atoms with E-state index in [0.717, 1.165) is 0 Å². The maximum absolute atomic E-state index is 12.7. The minimum atomic E-state index is -3.54. The fraction of sp³-hybridized carbons (Fsp3) is 0.538. The molecule has 1 aliphatic rings. The third-order valence-electron chi connectivity index (χ3n) is 3.07. The number of halogens is 2. The van der Waals surface area contributed by atoms with Gasteiger partial charge in [0.15, 0.2) is 0 Å². The molecule has 112 valence electrons. The van der Waals surface area contributed by atoms with Gasteiger partial charge in [0.2, 0.25) is 10.0 Å². The smallest absolute Gasteiger partial charge is 0.243 e. The Morgan fingerprint density at radius 1 is 1.45 bits per heavy atom. The van der Waals surface area contributed by atoms with E-state index in [0.29, 0.717) is 22.6 Å². The number of hydrogen-bond donors (Lipinski definition) is 0. The van der Waals surface area contributed by atoms with Crippen LogP contribution in [-0.4, -0.2) is 37.5 Å². The maximum atomic E-state index is 12.7. The van der Waals surface area contributed by atoms with Crippen LogP contribution in [0.4, 0.5) is 0 Å². The van der Waals surface area contributed by atoms with E-state index < -0.39 is 15.6 Å². The van der Waals surface area contributed by atoms with Gasteiger partial charge in [-0.2, -0.15) is 4.31 Å². The van der Waals surface area contributed by atoms with Crippen LogP contribution in [0.2, 0.25) is 5.02 Å². The van der Waals surface area contributed by atoms with E-state index in [1.54, 1.807) is 6.07 Å². The third-order valence-corrected chi connectivity index (χ3v) is 6.09. The Bertz CT molecular complexity index is 618. The molecular weight excluding hydrogens is 366 g/mol. The third kappa shape index (κ3) is 3.36. The van der Waals surface area contributed by atoms with E-state index >= 15 is 0 Å². The average molecular weight is 383 g/mol. The van der Waals surface area contributed by atoms with Crippen LogP contribution in [0.1, 0.15) is 20.8 Å². The summed E-state index contributed by atoms with van der Waals surface area (Å²) in [7, 11) is -3.54. The fourth-order valence-electron chi connectivity index (χ4n) is 2.36. The standard InChI is InChI=1S/C13H17BrClNO3S/c1-9-7-16(8-13(2,3)19-9)20(17,18)10-4-5-12(15)11(14)6-10/h4-6,9H,7-8H2,1-3H3. The van der Waals surface area contributed by atoms with Crippen molar-refractivity contribution in [3.8, 4) is 0 Å². The fourth-order valence-corrected chi connectivity index (χ4v) is 4.70. The number of sulfonamides is 1. The van der Waals surface area contributed by atoms with Crippen LogP contribution in [0.25, 0.3) is 0 Å². The summed E-state index contributed by atoms with van der Waals surface area (Å²) in [5, 5.41) is 0.486. The normalized spacial score (nSPS) is 23.8. The van der Waals surface area contributed by atoms with E-state index in [9.17, 15) is 8.42 Å². The molecule has 1 saturated heterocycles. The summed E-state index contributed by atoms with van der Waals surface area (Å²) in [5.74, 6) is 0. The highest BCUT2D eigenvalue weighted by atomic mass is 79.9. The van der Waals surface area contributed by atoms with Crippen LogP contribution in [-0.2, 0) is 14.8 Å². The van der Waals surface area contributed by atoms with Crippen molar-refractivity contribution in [3.05, 3.63) is 27.7 Å². The number of rotatable bonds is 2. The van der Waals surface area contributed by atoms with Gasteiger partial charge >= 0.3 is 0 Å². The Kier molecular flexibility index (Phi) is 4.52. The van der Waals surface area contributed by atoms with E-state index in [2.05, 4.69) is 15.9 Å². The van der Waals surface area contributed by atoms with Crippen LogP contribution >= 0.6 is 27.5 Å². The van der Waals surface area contributed by atoms with Crippen LogP contribution in [0.3, 0.4) is 0 Å². The second kappa shape index (κ2) is 5.57. The molecule has 7 heteroatoms. The average Bonchev–Trinajstić information content (AvgIpc) is 2.30. The first-order chi connectivity index (χ1) is 9.12. The molecule has 0 saturated carbocycles. The summed E-state index contributed by atoms with van der Waals surface area (Å²) in [5.41, 5.74) is -0.492. The van der Waals surface area contributed by atoms with Crippen molar-refractivity contribution in [1.29, 1.82) is 0 Å². The number of morpholine rings is 1. The molecule has 1 fully saturated rings. The van der Waals surface area contributed by atoms with Crippen LogP contribution in [0.15, 0.2) is 27.6 Å². The SMILES string of the molecule is CC1CN(S(=O)(=O)c2ccc(Cl)c(Br)c2)CC(C)(C)O1. The van der Waals surface area contributed by atoms with Gasteiger partial charge in [-0.1, -0.05) is 11.6 Å². The zero-order valence-electron chi connectivity index (χ0n) is 11.6. The van der Waals surface area contributed by atoms with Gasteiger partial charge in [-0.3, -0.25) is 0 Å². The van der Waals surface area contributed by atoms with Gasteiger partial charge in [-0.25, -0.2) is 8.42 Å². The lowest BCUT2D eigenvalue weighted by atomic mass is 10.1. The van der Waals surface area contributed by atoms with Gasteiger partial charge in [0.1, 0.15) is 0 Å². The first-order valence-electron chi connectivity index (χ1n) is 6.25. The first-order valence-corrected chi connectivity index (χ1v) is 8.86. The van der Waals surface area contributed by atoms with E-state index in [4.69, 9.17) is 16.3 Å². The summed E-state index contributed by atoms with van der Waals surface area (Å²) in [6.45, 7) is 6.35. The van der Waals surface area contributed by atoms with Crippen molar-refractivity contribution in [3.63, 3.8) is 0 Å². The van der Waals surface area contributed by atoms with Gasteiger partial charge in [-0.15, -0.1) is 0 Å². The van der Waals surface area contributed by atoms with Gasteiger partial charge < -0.3 is 4.74 Å². The number of ether oxygens (including phenoxy) is 1. The molecule has 1 aromatic rings. The molecule has 0 radical (unpaired) electrons. The largest absolute Gasteiger partial charge is 0.370 e. The van der Waals surface area contributed by atoms with E-state index in [-0.39, 0.29) is 11.0 Å². The van der Waals surface area contributed by atoms with Gasteiger partial charge in [0, 0.05) is 17.6 Å². The first kappa shape index (κ1) is 16.2. The van der Waals surface area contributed by atoms with Crippen LogP contribution in [0, 0.1) is 0 Å². The number of nitrogens with zero attached hydrogens (tertiary/aromatic N) is 1.